The molecule has 3 aromatic rings. The highest BCUT2D eigenvalue weighted by Gasteiger charge is 2.11. The number of hydrogen-bond acceptors (Lipinski definition) is 1. The van der Waals surface area contributed by atoms with Crippen molar-refractivity contribution in [2.75, 3.05) is 0 Å². The Labute approximate surface area is 132 Å². The zero-order chi connectivity index (χ0) is 13.6. The Morgan fingerprint density at radius 2 is 1.79 bits per heavy atom. The Kier molecular flexibility index (Phi) is 3.41. The molecule has 0 unspecified atom stereocenters. The molecule has 0 aliphatic rings. The first-order valence-electron chi connectivity index (χ1n) is 5.65. The highest BCUT2D eigenvalue weighted by molar-refractivity contribution is 9.11. The van der Waals surface area contributed by atoms with E-state index in [-0.39, 0.29) is 0 Å². The van der Waals surface area contributed by atoms with Crippen molar-refractivity contribution in [3.63, 3.8) is 0 Å². The molecule has 0 aliphatic carbocycles. The molecule has 5 heteroatoms. The van der Waals surface area contributed by atoms with Gasteiger partial charge in [-0.15, -0.1) is 0 Å². The number of hydrogen-bond donors (Lipinski definition) is 0. The van der Waals surface area contributed by atoms with Crippen LogP contribution in [0.15, 0.2) is 45.6 Å². The molecule has 96 valence electrons. The quantitative estimate of drug-likeness (QED) is 0.528. The number of imidazole rings is 1. The van der Waals surface area contributed by atoms with Gasteiger partial charge in [0.1, 0.15) is 0 Å². The Balaban J connectivity index is 2.22. The summed E-state index contributed by atoms with van der Waals surface area (Å²) in [5.74, 6) is 0. The monoisotopic (exact) mass is 398 g/mol. The third-order valence-electron chi connectivity index (χ3n) is 3.01. The van der Waals surface area contributed by atoms with E-state index in [2.05, 4.69) is 36.8 Å². The van der Waals surface area contributed by atoms with E-state index >= 15 is 0 Å². The van der Waals surface area contributed by atoms with Crippen LogP contribution in [0.5, 0.6) is 0 Å². The standard InChI is InChI=1S/C14H9Br2ClN2/c1-8-11(15)6-19-7-12(18-14(19)13(8)16)9-2-4-10(17)5-3-9/h2-7H,1H3. The molecule has 3 rings (SSSR count). The number of nitrogens with zero attached hydrogens (tertiary/aromatic N) is 2. The van der Waals surface area contributed by atoms with Gasteiger partial charge in [0.15, 0.2) is 5.65 Å². The van der Waals surface area contributed by atoms with E-state index in [1.54, 1.807) is 0 Å². The lowest BCUT2D eigenvalue weighted by molar-refractivity contribution is 1.14. The van der Waals surface area contributed by atoms with E-state index in [1.165, 1.54) is 0 Å². The maximum Gasteiger partial charge on any atom is 0.152 e. The summed E-state index contributed by atoms with van der Waals surface area (Å²) in [4.78, 5) is 4.67. The third-order valence-corrected chi connectivity index (χ3v) is 5.01. The van der Waals surface area contributed by atoms with Gasteiger partial charge in [0, 0.05) is 27.5 Å². The van der Waals surface area contributed by atoms with Gasteiger partial charge in [-0.1, -0.05) is 23.7 Å². The molecule has 0 fully saturated rings. The topological polar surface area (TPSA) is 17.3 Å². The van der Waals surface area contributed by atoms with Crippen LogP contribution in [0.25, 0.3) is 16.9 Å². The van der Waals surface area contributed by atoms with E-state index in [0.717, 1.165) is 36.4 Å². The number of aromatic nitrogens is 2. The molecule has 0 N–H and O–H groups in total. The second-order valence-electron chi connectivity index (χ2n) is 4.28. The van der Waals surface area contributed by atoms with E-state index in [1.807, 2.05) is 48.0 Å². The fourth-order valence-corrected chi connectivity index (χ4v) is 3.22. The highest BCUT2D eigenvalue weighted by atomic mass is 79.9. The molecular formula is C14H9Br2ClN2. The Morgan fingerprint density at radius 3 is 2.47 bits per heavy atom. The first kappa shape index (κ1) is 13.2. The van der Waals surface area contributed by atoms with Crippen molar-refractivity contribution in [3.8, 4) is 11.3 Å². The predicted molar refractivity (Wildman–Crippen MR) is 85.8 cm³/mol. The molecular weight excluding hydrogens is 391 g/mol. The van der Waals surface area contributed by atoms with Crippen LogP contribution >= 0.6 is 43.5 Å². The summed E-state index contributed by atoms with van der Waals surface area (Å²) in [7, 11) is 0. The Hall–Kier alpha value is -0.840. The van der Waals surface area contributed by atoms with Crippen LogP contribution in [0.3, 0.4) is 0 Å². The lowest BCUT2D eigenvalue weighted by Crippen LogP contribution is -1.88. The summed E-state index contributed by atoms with van der Waals surface area (Å²) < 4.78 is 4.06. The Morgan fingerprint density at radius 1 is 1.11 bits per heavy atom. The molecule has 0 aliphatic heterocycles. The number of halogens is 3. The van der Waals surface area contributed by atoms with E-state index in [0.29, 0.717) is 0 Å². The molecule has 0 spiro atoms. The first-order valence-corrected chi connectivity index (χ1v) is 7.62. The van der Waals surface area contributed by atoms with Gasteiger partial charge in [-0.05, 0) is 56.5 Å². The van der Waals surface area contributed by atoms with Crippen LogP contribution in [0.4, 0.5) is 0 Å². The molecule has 1 aromatic carbocycles. The third kappa shape index (κ3) is 2.33. The largest absolute Gasteiger partial charge is 0.304 e. The van der Waals surface area contributed by atoms with Crippen molar-refractivity contribution in [1.29, 1.82) is 0 Å². The normalized spacial score (nSPS) is 11.2. The summed E-state index contributed by atoms with van der Waals surface area (Å²) in [5, 5.41) is 0.729. The van der Waals surface area contributed by atoms with Gasteiger partial charge in [-0.2, -0.15) is 0 Å². The van der Waals surface area contributed by atoms with Crippen LogP contribution in [0, 0.1) is 6.92 Å². The molecule has 0 radical (unpaired) electrons. The van der Waals surface area contributed by atoms with Crippen molar-refractivity contribution in [2.24, 2.45) is 0 Å². The zero-order valence-electron chi connectivity index (χ0n) is 9.99. The van der Waals surface area contributed by atoms with Gasteiger partial charge in [-0.3, -0.25) is 0 Å². The molecule has 0 saturated carbocycles. The molecule has 2 aromatic heterocycles. The minimum atomic E-state index is 0.729. The van der Waals surface area contributed by atoms with Crippen LogP contribution in [0.1, 0.15) is 5.56 Å². The minimum Gasteiger partial charge on any atom is -0.304 e. The van der Waals surface area contributed by atoms with Gasteiger partial charge in [0.25, 0.3) is 0 Å². The number of pyridine rings is 1. The van der Waals surface area contributed by atoms with Gasteiger partial charge >= 0.3 is 0 Å². The van der Waals surface area contributed by atoms with Crippen LogP contribution in [0.2, 0.25) is 5.02 Å². The zero-order valence-corrected chi connectivity index (χ0v) is 13.9. The lowest BCUT2D eigenvalue weighted by atomic mass is 10.2. The maximum atomic E-state index is 5.91. The summed E-state index contributed by atoms with van der Waals surface area (Å²) in [5.41, 5.74) is 4.02. The number of fused-ring (bicyclic) bond motifs is 1. The highest BCUT2D eigenvalue weighted by Crippen LogP contribution is 2.30. The molecule has 2 heterocycles. The SMILES string of the molecule is Cc1c(Br)cn2cc(-c3ccc(Cl)cc3)nc2c1Br. The van der Waals surface area contributed by atoms with E-state index in [4.69, 9.17) is 11.6 Å². The summed E-state index contributed by atoms with van der Waals surface area (Å²) in [6, 6.07) is 7.69. The maximum absolute atomic E-state index is 5.91. The van der Waals surface area contributed by atoms with Crippen molar-refractivity contribution < 1.29 is 0 Å². The van der Waals surface area contributed by atoms with Gasteiger partial charge in [0.05, 0.1) is 10.2 Å². The van der Waals surface area contributed by atoms with Crippen LogP contribution < -0.4 is 0 Å². The Bertz CT molecular complexity index is 763. The summed E-state index contributed by atoms with van der Waals surface area (Å²) in [6.45, 7) is 2.05. The fourth-order valence-electron chi connectivity index (χ4n) is 1.91. The summed E-state index contributed by atoms with van der Waals surface area (Å²) in [6.07, 6.45) is 4.02. The average molecular weight is 401 g/mol. The average Bonchev–Trinajstić information content (AvgIpc) is 2.81. The molecule has 0 bridgehead atoms. The van der Waals surface area contributed by atoms with E-state index in [9.17, 15) is 0 Å². The molecule has 0 amide bonds. The van der Waals surface area contributed by atoms with Gasteiger partial charge in [-0.25, -0.2) is 4.98 Å². The first-order chi connectivity index (χ1) is 9.06. The van der Waals surface area contributed by atoms with Crippen LogP contribution in [-0.4, -0.2) is 9.38 Å². The fraction of sp³-hybridized carbons (Fsp3) is 0.0714. The molecule has 0 saturated heterocycles. The lowest BCUT2D eigenvalue weighted by Gasteiger charge is -2.03. The predicted octanol–water partition coefficient (Wildman–Crippen LogP) is 5.49. The number of benzene rings is 1. The van der Waals surface area contributed by atoms with Crippen LogP contribution in [-0.2, 0) is 0 Å². The molecule has 0 atom stereocenters. The van der Waals surface area contributed by atoms with Gasteiger partial charge in [0.2, 0.25) is 0 Å². The van der Waals surface area contributed by atoms with E-state index < -0.39 is 0 Å². The minimum absolute atomic E-state index is 0.729. The second-order valence-corrected chi connectivity index (χ2v) is 6.36. The summed E-state index contributed by atoms with van der Waals surface area (Å²) >= 11 is 13.0. The van der Waals surface area contributed by atoms with Crippen molar-refractivity contribution in [2.45, 2.75) is 6.92 Å². The second kappa shape index (κ2) is 4.93. The number of rotatable bonds is 1. The molecule has 19 heavy (non-hydrogen) atoms. The van der Waals surface area contributed by atoms with Crippen molar-refractivity contribution >= 4 is 49.1 Å². The smallest absolute Gasteiger partial charge is 0.152 e. The molecule has 2 nitrogen and oxygen atoms in total. The van der Waals surface area contributed by atoms with Crippen molar-refractivity contribution in [3.05, 3.63) is 56.2 Å². The van der Waals surface area contributed by atoms with Crippen molar-refractivity contribution in [1.82, 2.24) is 9.38 Å². The van der Waals surface area contributed by atoms with Gasteiger partial charge < -0.3 is 4.40 Å².